The molecular formula is C15H21N3O3. The summed E-state index contributed by atoms with van der Waals surface area (Å²) in [6.45, 7) is 4.66. The van der Waals surface area contributed by atoms with Crippen molar-refractivity contribution in [1.29, 1.82) is 0 Å². The fourth-order valence-electron chi connectivity index (χ4n) is 2.56. The molecule has 2 rings (SSSR count). The minimum atomic E-state index is -1.10. The first kappa shape index (κ1) is 15.3. The largest absolute Gasteiger partial charge is 0.550 e. The van der Waals surface area contributed by atoms with E-state index in [0.29, 0.717) is 13.1 Å². The van der Waals surface area contributed by atoms with E-state index in [9.17, 15) is 14.7 Å². The molecule has 0 bridgehead atoms. The number of H-pyrrole nitrogens is 1. The topological polar surface area (TPSA) is 77.8 Å². The van der Waals surface area contributed by atoms with Crippen molar-refractivity contribution in [3.8, 4) is 0 Å². The number of aromatic nitrogens is 1. The lowest BCUT2D eigenvalue weighted by atomic mass is 10.0. The zero-order valence-electron chi connectivity index (χ0n) is 12.2. The summed E-state index contributed by atoms with van der Waals surface area (Å²) >= 11 is 0. The molecule has 0 aliphatic carbocycles. The maximum absolute atomic E-state index is 12.1. The van der Waals surface area contributed by atoms with E-state index in [0.717, 1.165) is 18.9 Å². The number of carboxylic acids is 1. The van der Waals surface area contributed by atoms with Crippen LogP contribution in [0.5, 0.6) is 0 Å². The maximum atomic E-state index is 12.1. The van der Waals surface area contributed by atoms with Crippen molar-refractivity contribution in [3.63, 3.8) is 0 Å². The van der Waals surface area contributed by atoms with E-state index < -0.39 is 5.97 Å². The highest BCUT2D eigenvalue weighted by molar-refractivity contribution is 5.77. The van der Waals surface area contributed by atoms with Gasteiger partial charge in [0.05, 0.1) is 19.3 Å². The van der Waals surface area contributed by atoms with Gasteiger partial charge in [0.15, 0.2) is 0 Å². The van der Waals surface area contributed by atoms with E-state index in [2.05, 4.69) is 9.88 Å². The Morgan fingerprint density at radius 1 is 1.24 bits per heavy atom. The highest BCUT2D eigenvalue weighted by Gasteiger charge is 2.26. The minimum absolute atomic E-state index is 0.0282. The molecule has 1 fully saturated rings. The number of nitrogens with zero attached hydrogens (tertiary/aromatic N) is 2. The van der Waals surface area contributed by atoms with Crippen LogP contribution in [0.2, 0.25) is 0 Å². The third kappa shape index (κ3) is 4.44. The monoisotopic (exact) mass is 291 g/mol. The Balaban J connectivity index is 1.81. The molecule has 0 unspecified atom stereocenters. The summed E-state index contributed by atoms with van der Waals surface area (Å²) in [5.74, 6) is -0.196. The Labute approximate surface area is 124 Å². The van der Waals surface area contributed by atoms with E-state index in [1.165, 1.54) is 0 Å². The third-order valence-corrected chi connectivity index (χ3v) is 3.70. The summed E-state index contributed by atoms with van der Waals surface area (Å²) in [6, 6.07) is 5.92. The normalized spacial score (nSPS) is 16.6. The molecule has 0 saturated carbocycles. The molecule has 1 aromatic heterocycles. The molecule has 1 saturated heterocycles. The summed E-state index contributed by atoms with van der Waals surface area (Å²) in [5.41, 5.74) is 0. The number of aromatic amines is 1. The van der Waals surface area contributed by atoms with Crippen molar-refractivity contribution in [2.75, 3.05) is 31.1 Å². The zero-order valence-corrected chi connectivity index (χ0v) is 12.2. The molecule has 1 amide bonds. The smallest absolute Gasteiger partial charge is 0.274 e. The van der Waals surface area contributed by atoms with Gasteiger partial charge < -0.3 is 14.8 Å². The van der Waals surface area contributed by atoms with Crippen LogP contribution in [0.25, 0.3) is 0 Å². The second-order valence-corrected chi connectivity index (χ2v) is 5.50. The summed E-state index contributed by atoms with van der Waals surface area (Å²) in [4.78, 5) is 29.8. The fourth-order valence-corrected chi connectivity index (χ4v) is 2.56. The van der Waals surface area contributed by atoms with Crippen LogP contribution >= 0.6 is 0 Å². The van der Waals surface area contributed by atoms with Crippen molar-refractivity contribution in [2.45, 2.75) is 19.8 Å². The number of carbonyl (C=O) groups is 2. The van der Waals surface area contributed by atoms with Gasteiger partial charge in [-0.2, -0.15) is 0 Å². The molecule has 1 aliphatic rings. The number of carboxylic acid groups (broad SMARTS) is 1. The van der Waals surface area contributed by atoms with Crippen LogP contribution in [0.1, 0.15) is 19.8 Å². The molecule has 1 aliphatic heterocycles. The zero-order chi connectivity index (χ0) is 15.2. The number of carbonyl (C=O) groups excluding carboxylic acids is 2. The van der Waals surface area contributed by atoms with E-state index in [-0.39, 0.29) is 24.7 Å². The third-order valence-electron chi connectivity index (χ3n) is 3.70. The highest BCUT2D eigenvalue weighted by atomic mass is 16.4. The van der Waals surface area contributed by atoms with E-state index >= 15 is 0 Å². The van der Waals surface area contributed by atoms with Crippen LogP contribution in [0.3, 0.4) is 0 Å². The number of pyridine rings is 1. The van der Waals surface area contributed by atoms with Gasteiger partial charge in [0.1, 0.15) is 13.1 Å². The van der Waals surface area contributed by atoms with Crippen molar-refractivity contribution in [2.24, 2.45) is 5.92 Å². The van der Waals surface area contributed by atoms with Crippen molar-refractivity contribution >= 4 is 17.7 Å². The first-order chi connectivity index (χ1) is 10.1. The van der Waals surface area contributed by atoms with Gasteiger partial charge in [-0.1, -0.05) is 13.0 Å². The number of aliphatic carboxylic acids is 1. The summed E-state index contributed by atoms with van der Waals surface area (Å²) in [7, 11) is 0. The molecule has 0 aromatic carbocycles. The van der Waals surface area contributed by atoms with Gasteiger partial charge >= 0.3 is 0 Å². The fraction of sp³-hybridized carbons (Fsp3) is 0.533. The minimum Gasteiger partial charge on any atom is -0.550 e. The maximum Gasteiger partial charge on any atom is 0.274 e. The van der Waals surface area contributed by atoms with Gasteiger partial charge in [0.2, 0.25) is 5.91 Å². The second kappa shape index (κ2) is 7.06. The number of anilines is 1. The lowest BCUT2D eigenvalue weighted by molar-refractivity contribution is -0.364. The molecule has 0 spiro atoms. The highest BCUT2D eigenvalue weighted by Crippen LogP contribution is 2.13. The average molecular weight is 291 g/mol. The molecule has 6 nitrogen and oxygen atoms in total. The lowest BCUT2D eigenvalue weighted by Crippen LogP contribution is -2.50. The number of hydrogen-bond acceptors (Lipinski definition) is 4. The van der Waals surface area contributed by atoms with Gasteiger partial charge in [-0.3, -0.25) is 9.69 Å². The predicted molar refractivity (Wildman–Crippen MR) is 75.2 cm³/mol. The summed E-state index contributed by atoms with van der Waals surface area (Å²) in [5, 5.41) is 10.5. The summed E-state index contributed by atoms with van der Waals surface area (Å²) < 4.78 is 0. The van der Waals surface area contributed by atoms with Crippen molar-refractivity contribution in [1.82, 2.24) is 4.90 Å². The molecule has 21 heavy (non-hydrogen) atoms. The molecule has 114 valence electrons. The quantitative estimate of drug-likeness (QED) is 0.720. The Kier molecular flexibility index (Phi) is 5.14. The molecule has 2 heterocycles. The number of amides is 1. The first-order valence-corrected chi connectivity index (χ1v) is 7.25. The van der Waals surface area contributed by atoms with Crippen LogP contribution in [0.4, 0.5) is 5.82 Å². The molecule has 0 radical (unpaired) electrons. The number of rotatable bonds is 5. The van der Waals surface area contributed by atoms with Gasteiger partial charge in [-0.15, -0.1) is 0 Å². The Morgan fingerprint density at radius 3 is 2.52 bits per heavy atom. The SMILES string of the molecule is C[C@H](CC(=O)[O-])CC(=O)N1CCN(c2cccc[nH+]2)CC1. The Morgan fingerprint density at radius 2 is 1.95 bits per heavy atom. The molecular weight excluding hydrogens is 270 g/mol. The van der Waals surface area contributed by atoms with Crippen molar-refractivity contribution in [3.05, 3.63) is 24.4 Å². The molecule has 1 aromatic rings. The van der Waals surface area contributed by atoms with Crippen molar-refractivity contribution < 1.29 is 19.7 Å². The van der Waals surface area contributed by atoms with E-state index in [1.807, 2.05) is 29.3 Å². The lowest BCUT2D eigenvalue weighted by Gasteiger charge is -2.31. The number of piperazine rings is 1. The molecule has 6 heteroatoms. The van der Waals surface area contributed by atoms with Gasteiger partial charge in [0, 0.05) is 18.5 Å². The standard InChI is InChI=1S/C15H21N3O3/c1-12(11-15(20)21)10-14(19)18-8-6-17(7-9-18)13-4-2-3-5-16-13/h2-5,12H,6-11H2,1H3,(H,20,21)/t12-/m0/s1. The average Bonchev–Trinajstić information content (AvgIpc) is 2.47. The van der Waals surface area contributed by atoms with Crippen LogP contribution in [-0.4, -0.2) is 43.0 Å². The first-order valence-electron chi connectivity index (χ1n) is 7.25. The predicted octanol–water partition coefficient (Wildman–Crippen LogP) is -0.684. The summed E-state index contributed by atoms with van der Waals surface area (Å²) in [6.07, 6.45) is 2.09. The van der Waals surface area contributed by atoms with Gasteiger partial charge in [-0.05, 0) is 18.4 Å². The molecule has 1 N–H and O–H groups in total. The number of hydrogen-bond donors (Lipinski definition) is 0. The van der Waals surface area contributed by atoms with E-state index in [1.54, 1.807) is 6.92 Å². The van der Waals surface area contributed by atoms with Gasteiger partial charge in [-0.25, -0.2) is 4.98 Å². The number of nitrogens with one attached hydrogen (secondary N) is 1. The van der Waals surface area contributed by atoms with Crippen LogP contribution < -0.4 is 15.0 Å². The Hall–Kier alpha value is -2.11. The van der Waals surface area contributed by atoms with Crippen LogP contribution in [0, 0.1) is 5.92 Å². The van der Waals surface area contributed by atoms with Crippen LogP contribution in [0.15, 0.2) is 24.4 Å². The van der Waals surface area contributed by atoms with Crippen LogP contribution in [-0.2, 0) is 9.59 Å². The van der Waals surface area contributed by atoms with E-state index in [4.69, 9.17) is 0 Å². The molecule has 1 atom stereocenters. The van der Waals surface area contributed by atoms with Gasteiger partial charge in [0.25, 0.3) is 5.82 Å². The second-order valence-electron chi connectivity index (χ2n) is 5.50. The Bertz CT molecular complexity index is 484.